The molecule has 3 heteroatoms. The molecule has 3 nitrogen and oxygen atoms in total. The minimum atomic E-state index is -1.18. The van der Waals surface area contributed by atoms with Crippen LogP contribution in [0.3, 0.4) is 0 Å². The van der Waals surface area contributed by atoms with Gasteiger partial charge < -0.3 is 10.2 Å². The SMILES string of the molecule is CCCCCCCCC[C@@H](O)C#CC(=O)O. The molecule has 0 aliphatic carbocycles. The first kappa shape index (κ1) is 15.0. The summed E-state index contributed by atoms with van der Waals surface area (Å²) in [6.45, 7) is 2.19. The second kappa shape index (κ2) is 10.5. The predicted octanol–water partition coefficient (Wildman–Crippen LogP) is 2.58. The van der Waals surface area contributed by atoms with Crippen LogP contribution in [0.15, 0.2) is 0 Å². The largest absolute Gasteiger partial charge is 0.472 e. The molecule has 0 amide bonds. The third kappa shape index (κ3) is 11.1. The zero-order chi connectivity index (χ0) is 12.2. The monoisotopic (exact) mass is 226 g/mol. The molecule has 16 heavy (non-hydrogen) atoms. The second-order valence-electron chi connectivity index (χ2n) is 4.00. The Morgan fingerprint density at radius 1 is 1.12 bits per heavy atom. The van der Waals surface area contributed by atoms with Crippen LogP contribution in [0.1, 0.15) is 58.3 Å². The summed E-state index contributed by atoms with van der Waals surface area (Å²) >= 11 is 0. The molecule has 0 aliphatic rings. The fraction of sp³-hybridized carbons (Fsp3) is 0.769. The van der Waals surface area contributed by atoms with Crippen molar-refractivity contribution in [3.63, 3.8) is 0 Å². The number of rotatable bonds is 8. The van der Waals surface area contributed by atoms with Crippen molar-refractivity contribution in [2.24, 2.45) is 0 Å². The van der Waals surface area contributed by atoms with Gasteiger partial charge in [0.2, 0.25) is 0 Å². The number of unbranched alkanes of at least 4 members (excludes halogenated alkanes) is 6. The average Bonchev–Trinajstić information content (AvgIpc) is 2.25. The lowest BCUT2D eigenvalue weighted by Crippen LogP contribution is -2.03. The molecule has 2 N–H and O–H groups in total. The number of aliphatic hydroxyl groups excluding tert-OH is 1. The van der Waals surface area contributed by atoms with E-state index in [0.29, 0.717) is 6.42 Å². The molecule has 0 saturated carbocycles. The topological polar surface area (TPSA) is 57.5 Å². The Morgan fingerprint density at radius 3 is 2.25 bits per heavy atom. The van der Waals surface area contributed by atoms with Crippen LogP contribution in [-0.2, 0) is 4.79 Å². The van der Waals surface area contributed by atoms with E-state index >= 15 is 0 Å². The summed E-state index contributed by atoms with van der Waals surface area (Å²) in [6.07, 6.45) is 8.09. The maximum Gasteiger partial charge on any atom is 0.381 e. The molecule has 92 valence electrons. The number of carbonyl (C=O) groups is 1. The summed E-state index contributed by atoms with van der Waals surface area (Å²) in [5.74, 6) is 3.05. The Kier molecular flexibility index (Phi) is 9.84. The van der Waals surface area contributed by atoms with Gasteiger partial charge in [0.05, 0.1) is 0 Å². The van der Waals surface area contributed by atoms with Crippen molar-refractivity contribution in [3.05, 3.63) is 0 Å². The van der Waals surface area contributed by atoms with E-state index in [4.69, 9.17) is 5.11 Å². The second-order valence-corrected chi connectivity index (χ2v) is 4.00. The molecule has 0 heterocycles. The first-order chi connectivity index (χ1) is 7.66. The zero-order valence-corrected chi connectivity index (χ0v) is 10.0. The van der Waals surface area contributed by atoms with Crippen molar-refractivity contribution >= 4 is 5.97 Å². The lowest BCUT2D eigenvalue weighted by atomic mass is 10.1. The summed E-state index contributed by atoms with van der Waals surface area (Å²) in [6, 6.07) is 0. The van der Waals surface area contributed by atoms with Crippen molar-refractivity contribution in [3.8, 4) is 11.8 Å². The van der Waals surface area contributed by atoms with Crippen LogP contribution in [0.4, 0.5) is 0 Å². The Hall–Kier alpha value is -1.01. The molecule has 0 fully saturated rings. The molecule has 0 aromatic carbocycles. The zero-order valence-electron chi connectivity index (χ0n) is 10.0. The van der Waals surface area contributed by atoms with E-state index in [0.717, 1.165) is 12.8 Å². The van der Waals surface area contributed by atoms with E-state index in [9.17, 15) is 9.90 Å². The van der Waals surface area contributed by atoms with Gasteiger partial charge in [-0.15, -0.1) is 0 Å². The van der Waals surface area contributed by atoms with E-state index in [-0.39, 0.29) is 0 Å². The van der Waals surface area contributed by atoms with Gasteiger partial charge in [-0.25, -0.2) is 4.79 Å². The molecule has 0 aromatic heterocycles. The summed E-state index contributed by atoms with van der Waals surface area (Å²) in [7, 11) is 0. The summed E-state index contributed by atoms with van der Waals surface area (Å²) < 4.78 is 0. The molecule has 0 unspecified atom stereocenters. The third-order valence-electron chi connectivity index (χ3n) is 2.43. The van der Waals surface area contributed by atoms with Gasteiger partial charge in [-0.1, -0.05) is 51.4 Å². The first-order valence-electron chi connectivity index (χ1n) is 6.09. The smallest absolute Gasteiger partial charge is 0.381 e. The van der Waals surface area contributed by atoms with Crippen molar-refractivity contribution in [2.75, 3.05) is 0 Å². The highest BCUT2D eigenvalue weighted by Gasteiger charge is 1.99. The summed E-state index contributed by atoms with van der Waals surface area (Å²) in [4.78, 5) is 10.1. The Morgan fingerprint density at radius 2 is 1.69 bits per heavy atom. The quantitative estimate of drug-likeness (QED) is 0.494. The van der Waals surface area contributed by atoms with E-state index in [1.165, 1.54) is 32.1 Å². The van der Waals surface area contributed by atoms with Gasteiger partial charge >= 0.3 is 5.97 Å². The van der Waals surface area contributed by atoms with E-state index in [1.807, 2.05) is 5.92 Å². The van der Waals surface area contributed by atoms with Crippen molar-refractivity contribution in [1.82, 2.24) is 0 Å². The maximum atomic E-state index is 10.1. The maximum absolute atomic E-state index is 10.1. The molecular formula is C13H22O3. The Bertz CT molecular complexity index is 237. The molecule has 0 bridgehead atoms. The van der Waals surface area contributed by atoms with Gasteiger partial charge in [0, 0.05) is 5.92 Å². The van der Waals surface area contributed by atoms with Crippen LogP contribution < -0.4 is 0 Å². The van der Waals surface area contributed by atoms with Gasteiger partial charge in [-0.2, -0.15) is 0 Å². The fourth-order valence-electron chi connectivity index (χ4n) is 1.51. The number of hydrogen-bond donors (Lipinski definition) is 2. The lowest BCUT2D eigenvalue weighted by molar-refractivity contribution is -0.130. The minimum absolute atomic E-state index is 0.577. The number of carboxylic acid groups (broad SMARTS) is 1. The van der Waals surface area contributed by atoms with Crippen LogP contribution in [0, 0.1) is 11.8 Å². The van der Waals surface area contributed by atoms with Gasteiger partial charge in [0.15, 0.2) is 0 Å². The summed E-state index contributed by atoms with van der Waals surface area (Å²) in [5, 5.41) is 17.6. The summed E-state index contributed by atoms with van der Waals surface area (Å²) in [5.41, 5.74) is 0. The molecule has 0 radical (unpaired) electrons. The normalized spacial score (nSPS) is 11.6. The van der Waals surface area contributed by atoms with E-state index in [1.54, 1.807) is 0 Å². The van der Waals surface area contributed by atoms with Crippen molar-refractivity contribution in [1.29, 1.82) is 0 Å². The van der Waals surface area contributed by atoms with Gasteiger partial charge in [0.1, 0.15) is 6.10 Å². The van der Waals surface area contributed by atoms with Crippen LogP contribution in [-0.4, -0.2) is 22.3 Å². The van der Waals surface area contributed by atoms with E-state index < -0.39 is 12.1 Å². The van der Waals surface area contributed by atoms with Crippen LogP contribution in [0.2, 0.25) is 0 Å². The van der Waals surface area contributed by atoms with Crippen LogP contribution in [0.5, 0.6) is 0 Å². The Balaban J connectivity index is 3.32. The van der Waals surface area contributed by atoms with Gasteiger partial charge in [0.25, 0.3) is 0 Å². The van der Waals surface area contributed by atoms with Gasteiger partial charge in [-0.05, 0) is 12.8 Å². The number of aliphatic carboxylic acids is 1. The Labute approximate surface area is 97.9 Å². The van der Waals surface area contributed by atoms with Gasteiger partial charge in [-0.3, -0.25) is 0 Å². The molecule has 0 aromatic rings. The molecule has 0 spiro atoms. The number of aliphatic hydroxyl groups is 1. The van der Waals surface area contributed by atoms with Crippen molar-refractivity contribution in [2.45, 2.75) is 64.4 Å². The molecule has 1 atom stereocenters. The molecule has 0 saturated heterocycles. The first-order valence-corrected chi connectivity index (χ1v) is 6.09. The van der Waals surface area contributed by atoms with E-state index in [2.05, 4.69) is 12.8 Å². The standard InChI is InChI=1S/C13H22O3/c1-2-3-4-5-6-7-8-9-12(14)10-11-13(15)16/h12,14H,2-9H2,1H3,(H,15,16)/t12-/m1/s1. The number of hydrogen-bond acceptors (Lipinski definition) is 2. The van der Waals surface area contributed by atoms with Crippen LogP contribution >= 0.6 is 0 Å². The predicted molar refractivity (Wildman–Crippen MR) is 64.0 cm³/mol. The number of carboxylic acids is 1. The highest BCUT2D eigenvalue weighted by molar-refractivity contribution is 5.86. The fourth-order valence-corrected chi connectivity index (χ4v) is 1.51. The molecular weight excluding hydrogens is 204 g/mol. The molecule has 0 rings (SSSR count). The van der Waals surface area contributed by atoms with Crippen LogP contribution in [0.25, 0.3) is 0 Å². The van der Waals surface area contributed by atoms with Crippen molar-refractivity contribution < 1.29 is 15.0 Å². The average molecular weight is 226 g/mol. The third-order valence-corrected chi connectivity index (χ3v) is 2.43. The molecule has 0 aliphatic heterocycles. The highest BCUT2D eigenvalue weighted by atomic mass is 16.4. The minimum Gasteiger partial charge on any atom is -0.472 e. The lowest BCUT2D eigenvalue weighted by Gasteiger charge is -2.03. The highest BCUT2D eigenvalue weighted by Crippen LogP contribution is 2.09.